The Morgan fingerprint density at radius 1 is 1.15 bits per heavy atom. The summed E-state index contributed by atoms with van der Waals surface area (Å²) in [6, 6.07) is 0. The van der Waals surface area contributed by atoms with Crippen LogP contribution in [0.25, 0.3) is 0 Å². The Kier molecular flexibility index (Phi) is 2.79. The number of hydrogen-bond donors (Lipinski definition) is 1. The fourth-order valence-corrected chi connectivity index (χ4v) is 1.51. The van der Waals surface area contributed by atoms with Gasteiger partial charge in [0.15, 0.2) is 0 Å². The standard InChI is InChI=1S/C11H20N2/c1-6-8-10(11(3,4)5)13-9(7-2)12-8/h6-7H2,1-5H3,(H,12,13). The maximum atomic E-state index is 4.62. The Hall–Kier alpha value is -0.790. The SMILES string of the molecule is CCc1nc(C(C)(C)C)c(CC)[nH]1. The van der Waals surface area contributed by atoms with Gasteiger partial charge in [-0.15, -0.1) is 0 Å². The molecule has 0 bridgehead atoms. The van der Waals surface area contributed by atoms with Gasteiger partial charge in [-0.3, -0.25) is 0 Å². The van der Waals surface area contributed by atoms with E-state index < -0.39 is 0 Å². The number of hydrogen-bond acceptors (Lipinski definition) is 1. The first kappa shape index (κ1) is 10.3. The summed E-state index contributed by atoms with van der Waals surface area (Å²) in [5.74, 6) is 1.11. The monoisotopic (exact) mass is 180 g/mol. The number of aromatic nitrogens is 2. The van der Waals surface area contributed by atoms with Crippen LogP contribution in [0.15, 0.2) is 0 Å². The van der Waals surface area contributed by atoms with Gasteiger partial charge >= 0.3 is 0 Å². The summed E-state index contributed by atoms with van der Waals surface area (Å²) >= 11 is 0. The van der Waals surface area contributed by atoms with Crippen LogP contribution in [0.3, 0.4) is 0 Å². The van der Waals surface area contributed by atoms with Gasteiger partial charge in [0.05, 0.1) is 5.69 Å². The largest absolute Gasteiger partial charge is 0.346 e. The molecular formula is C11H20N2. The molecule has 74 valence electrons. The lowest BCUT2D eigenvalue weighted by molar-refractivity contribution is 0.564. The Bertz CT molecular complexity index is 279. The lowest BCUT2D eigenvalue weighted by Crippen LogP contribution is -2.14. The van der Waals surface area contributed by atoms with Crippen LogP contribution in [0.2, 0.25) is 0 Å². The average molecular weight is 180 g/mol. The minimum Gasteiger partial charge on any atom is -0.346 e. The second-order valence-electron chi connectivity index (χ2n) is 4.47. The fourth-order valence-electron chi connectivity index (χ4n) is 1.51. The maximum Gasteiger partial charge on any atom is 0.106 e. The van der Waals surface area contributed by atoms with Crippen molar-refractivity contribution in [2.75, 3.05) is 0 Å². The third kappa shape index (κ3) is 2.11. The third-order valence-corrected chi connectivity index (χ3v) is 2.23. The van der Waals surface area contributed by atoms with Crippen molar-refractivity contribution in [3.8, 4) is 0 Å². The van der Waals surface area contributed by atoms with Gasteiger partial charge in [-0.1, -0.05) is 34.6 Å². The van der Waals surface area contributed by atoms with Crippen LogP contribution in [0.4, 0.5) is 0 Å². The second-order valence-corrected chi connectivity index (χ2v) is 4.47. The van der Waals surface area contributed by atoms with Crippen LogP contribution in [0.1, 0.15) is 51.8 Å². The van der Waals surface area contributed by atoms with E-state index in [-0.39, 0.29) is 5.41 Å². The van der Waals surface area contributed by atoms with E-state index in [2.05, 4.69) is 44.6 Å². The topological polar surface area (TPSA) is 28.7 Å². The molecule has 1 N–H and O–H groups in total. The van der Waals surface area contributed by atoms with Gasteiger partial charge < -0.3 is 4.98 Å². The predicted octanol–water partition coefficient (Wildman–Crippen LogP) is 2.83. The summed E-state index contributed by atoms with van der Waals surface area (Å²) in [7, 11) is 0. The highest BCUT2D eigenvalue weighted by Crippen LogP contribution is 2.24. The van der Waals surface area contributed by atoms with Crippen molar-refractivity contribution < 1.29 is 0 Å². The van der Waals surface area contributed by atoms with Crippen molar-refractivity contribution >= 4 is 0 Å². The van der Waals surface area contributed by atoms with Gasteiger partial charge in [0.25, 0.3) is 0 Å². The molecule has 0 aliphatic rings. The molecule has 1 rings (SSSR count). The fraction of sp³-hybridized carbons (Fsp3) is 0.727. The molecule has 0 spiro atoms. The van der Waals surface area contributed by atoms with Crippen molar-refractivity contribution in [3.05, 3.63) is 17.2 Å². The first-order valence-electron chi connectivity index (χ1n) is 5.07. The van der Waals surface area contributed by atoms with E-state index in [4.69, 9.17) is 0 Å². The van der Waals surface area contributed by atoms with Crippen molar-refractivity contribution in [1.29, 1.82) is 0 Å². The molecule has 0 unspecified atom stereocenters. The Morgan fingerprint density at radius 3 is 2.08 bits per heavy atom. The molecule has 0 aliphatic carbocycles. The molecule has 13 heavy (non-hydrogen) atoms. The lowest BCUT2D eigenvalue weighted by Gasteiger charge is -2.16. The number of imidazole rings is 1. The van der Waals surface area contributed by atoms with Crippen LogP contribution in [0, 0.1) is 0 Å². The summed E-state index contributed by atoms with van der Waals surface area (Å²) in [6.07, 6.45) is 2.03. The van der Waals surface area contributed by atoms with E-state index >= 15 is 0 Å². The summed E-state index contributed by atoms with van der Waals surface area (Å²) in [4.78, 5) is 7.99. The number of rotatable bonds is 2. The molecule has 0 saturated heterocycles. The molecule has 1 aromatic heterocycles. The van der Waals surface area contributed by atoms with Gasteiger partial charge in [-0.25, -0.2) is 4.98 Å². The molecule has 0 saturated carbocycles. The van der Waals surface area contributed by atoms with Gasteiger partial charge in [0.1, 0.15) is 5.82 Å². The van der Waals surface area contributed by atoms with Gasteiger partial charge in [0.2, 0.25) is 0 Å². The highest BCUT2D eigenvalue weighted by atomic mass is 14.9. The molecule has 1 aromatic rings. The highest BCUT2D eigenvalue weighted by molar-refractivity contribution is 5.22. The van der Waals surface area contributed by atoms with Crippen LogP contribution >= 0.6 is 0 Å². The minimum atomic E-state index is 0.162. The zero-order chi connectivity index (χ0) is 10.1. The van der Waals surface area contributed by atoms with E-state index in [0.717, 1.165) is 18.7 Å². The molecule has 0 aromatic carbocycles. The van der Waals surface area contributed by atoms with Crippen molar-refractivity contribution in [1.82, 2.24) is 9.97 Å². The van der Waals surface area contributed by atoms with Gasteiger partial charge in [0, 0.05) is 17.5 Å². The van der Waals surface area contributed by atoms with E-state index in [0.29, 0.717) is 0 Å². The highest BCUT2D eigenvalue weighted by Gasteiger charge is 2.21. The molecule has 0 amide bonds. The minimum absolute atomic E-state index is 0.162. The Morgan fingerprint density at radius 2 is 1.77 bits per heavy atom. The molecular weight excluding hydrogens is 160 g/mol. The van der Waals surface area contributed by atoms with E-state index in [1.807, 2.05) is 0 Å². The number of aryl methyl sites for hydroxylation is 2. The van der Waals surface area contributed by atoms with Crippen LogP contribution in [0.5, 0.6) is 0 Å². The number of aromatic amines is 1. The summed E-state index contributed by atoms with van der Waals surface area (Å²) in [6.45, 7) is 10.9. The van der Waals surface area contributed by atoms with Crippen molar-refractivity contribution in [2.45, 2.75) is 52.9 Å². The zero-order valence-corrected chi connectivity index (χ0v) is 9.36. The average Bonchev–Trinajstić information content (AvgIpc) is 2.46. The molecule has 0 atom stereocenters. The van der Waals surface area contributed by atoms with Crippen LogP contribution in [-0.2, 0) is 18.3 Å². The zero-order valence-electron chi connectivity index (χ0n) is 9.36. The quantitative estimate of drug-likeness (QED) is 0.745. The molecule has 1 heterocycles. The van der Waals surface area contributed by atoms with Crippen LogP contribution in [-0.4, -0.2) is 9.97 Å². The smallest absolute Gasteiger partial charge is 0.106 e. The van der Waals surface area contributed by atoms with Gasteiger partial charge in [-0.05, 0) is 6.42 Å². The lowest BCUT2D eigenvalue weighted by atomic mass is 9.90. The van der Waals surface area contributed by atoms with E-state index in [9.17, 15) is 0 Å². The molecule has 0 fully saturated rings. The number of nitrogens with zero attached hydrogens (tertiary/aromatic N) is 1. The molecule has 0 radical (unpaired) electrons. The Labute approximate surface area is 80.8 Å². The van der Waals surface area contributed by atoms with E-state index in [1.165, 1.54) is 11.4 Å². The predicted molar refractivity (Wildman–Crippen MR) is 56.0 cm³/mol. The van der Waals surface area contributed by atoms with Crippen LogP contribution < -0.4 is 0 Å². The first-order chi connectivity index (χ1) is 5.99. The first-order valence-corrected chi connectivity index (χ1v) is 5.07. The summed E-state index contributed by atoms with van der Waals surface area (Å²) < 4.78 is 0. The molecule has 0 aliphatic heterocycles. The third-order valence-electron chi connectivity index (χ3n) is 2.23. The van der Waals surface area contributed by atoms with Crippen molar-refractivity contribution in [3.63, 3.8) is 0 Å². The maximum absolute atomic E-state index is 4.62. The Balaban J connectivity index is 3.11. The van der Waals surface area contributed by atoms with E-state index in [1.54, 1.807) is 0 Å². The summed E-state index contributed by atoms with van der Waals surface area (Å²) in [5.41, 5.74) is 2.69. The van der Waals surface area contributed by atoms with Crippen molar-refractivity contribution in [2.24, 2.45) is 0 Å². The number of H-pyrrole nitrogens is 1. The molecule has 2 heteroatoms. The van der Waals surface area contributed by atoms with Gasteiger partial charge in [-0.2, -0.15) is 0 Å². The number of nitrogens with one attached hydrogen (secondary N) is 1. The summed E-state index contributed by atoms with van der Waals surface area (Å²) in [5, 5.41) is 0. The normalized spacial score (nSPS) is 12.1. The molecule has 2 nitrogen and oxygen atoms in total. The second kappa shape index (κ2) is 3.52.